The van der Waals surface area contributed by atoms with E-state index in [2.05, 4.69) is 6.92 Å². The van der Waals surface area contributed by atoms with Gasteiger partial charge in [-0.05, 0) is 58.1 Å². The summed E-state index contributed by atoms with van der Waals surface area (Å²) in [6.45, 7) is 8.12. The molecule has 0 amide bonds. The Labute approximate surface area is 191 Å². The second-order valence-corrected chi connectivity index (χ2v) is 8.63. The van der Waals surface area contributed by atoms with Crippen molar-refractivity contribution in [3.05, 3.63) is 35.9 Å². The Kier molecular flexibility index (Phi) is 11.1. The normalized spacial score (nSPS) is 25.0. The van der Waals surface area contributed by atoms with Gasteiger partial charge in [-0.15, -0.1) is 0 Å². The number of aliphatic hydroxyl groups is 1. The first-order valence-electron chi connectivity index (χ1n) is 11.7. The van der Waals surface area contributed by atoms with Crippen LogP contribution in [0.3, 0.4) is 0 Å². The van der Waals surface area contributed by atoms with E-state index < -0.39 is 18.5 Å². The summed E-state index contributed by atoms with van der Waals surface area (Å²) >= 11 is 0. The SMILES string of the molecule is CCOC(=O)C[C@H](O)CCCC[C@@H](C)O[C@@H]1OC(C)[C@H](C)CC1OC(=O)c1ccccc1. The molecule has 1 saturated heterocycles. The molecule has 180 valence electrons. The lowest BCUT2D eigenvalue weighted by Gasteiger charge is -2.39. The minimum atomic E-state index is -0.684. The molecule has 0 radical (unpaired) electrons. The molecule has 32 heavy (non-hydrogen) atoms. The summed E-state index contributed by atoms with van der Waals surface area (Å²) in [6.07, 6.45) is 1.78. The number of aliphatic hydroxyl groups excluding tert-OH is 1. The summed E-state index contributed by atoms with van der Waals surface area (Å²) in [5.41, 5.74) is 0.506. The molecule has 1 aromatic rings. The van der Waals surface area contributed by atoms with Gasteiger partial charge in [-0.2, -0.15) is 0 Å². The fraction of sp³-hybridized carbons (Fsp3) is 0.680. The van der Waals surface area contributed by atoms with E-state index >= 15 is 0 Å². The molecule has 0 aromatic heterocycles. The summed E-state index contributed by atoms with van der Waals surface area (Å²) < 4.78 is 22.8. The summed E-state index contributed by atoms with van der Waals surface area (Å²) in [4.78, 5) is 23.9. The summed E-state index contributed by atoms with van der Waals surface area (Å²) in [5, 5.41) is 9.94. The molecule has 7 nitrogen and oxygen atoms in total. The summed E-state index contributed by atoms with van der Waals surface area (Å²) in [7, 11) is 0. The Hall–Kier alpha value is -1.96. The van der Waals surface area contributed by atoms with Gasteiger partial charge >= 0.3 is 11.9 Å². The van der Waals surface area contributed by atoms with Gasteiger partial charge in [-0.3, -0.25) is 4.79 Å². The fourth-order valence-electron chi connectivity index (χ4n) is 3.73. The standard InChI is InChI=1S/C25H38O7/c1-5-29-23(27)16-21(26)14-10-9-11-18(3)30-25-22(15-17(2)19(4)31-25)32-24(28)20-12-7-6-8-13-20/h6-8,12-13,17-19,21-22,25-26H,5,9-11,14-16H2,1-4H3/t17-,18-,19?,21-,22?,25-/m1/s1. The predicted molar refractivity (Wildman–Crippen MR) is 120 cm³/mol. The van der Waals surface area contributed by atoms with Crippen LogP contribution < -0.4 is 0 Å². The van der Waals surface area contributed by atoms with Crippen LogP contribution in [-0.2, 0) is 23.7 Å². The van der Waals surface area contributed by atoms with Gasteiger partial charge in [0.15, 0.2) is 12.4 Å². The maximum Gasteiger partial charge on any atom is 0.338 e. The zero-order valence-corrected chi connectivity index (χ0v) is 19.7. The van der Waals surface area contributed by atoms with Crippen LogP contribution in [0.4, 0.5) is 0 Å². The largest absolute Gasteiger partial charge is 0.466 e. The number of ether oxygens (including phenoxy) is 4. The Morgan fingerprint density at radius 3 is 2.53 bits per heavy atom. The Morgan fingerprint density at radius 2 is 1.84 bits per heavy atom. The highest BCUT2D eigenvalue weighted by molar-refractivity contribution is 5.89. The number of carbonyl (C=O) groups excluding carboxylic acids is 2. The van der Waals surface area contributed by atoms with Crippen LogP contribution in [0.1, 0.15) is 76.6 Å². The second-order valence-electron chi connectivity index (χ2n) is 8.63. The van der Waals surface area contributed by atoms with Crippen molar-refractivity contribution in [1.29, 1.82) is 0 Å². The van der Waals surface area contributed by atoms with Crippen molar-refractivity contribution in [2.45, 2.75) is 96.9 Å². The van der Waals surface area contributed by atoms with Gasteiger partial charge in [0.25, 0.3) is 0 Å². The zero-order valence-electron chi connectivity index (χ0n) is 19.7. The van der Waals surface area contributed by atoms with Crippen LogP contribution in [0.2, 0.25) is 0 Å². The topological polar surface area (TPSA) is 91.3 Å². The Morgan fingerprint density at radius 1 is 1.16 bits per heavy atom. The molecule has 2 unspecified atom stereocenters. The summed E-state index contributed by atoms with van der Waals surface area (Å²) in [6, 6.07) is 8.92. The van der Waals surface area contributed by atoms with E-state index in [-0.39, 0.29) is 36.5 Å². The van der Waals surface area contributed by atoms with Gasteiger partial charge in [-0.25, -0.2) is 4.79 Å². The maximum absolute atomic E-state index is 12.5. The third-order valence-corrected chi connectivity index (χ3v) is 5.80. The second kappa shape index (κ2) is 13.6. The molecule has 0 bridgehead atoms. The smallest absolute Gasteiger partial charge is 0.338 e. The zero-order chi connectivity index (χ0) is 23.5. The lowest BCUT2D eigenvalue weighted by atomic mass is 9.95. The first kappa shape index (κ1) is 26.3. The molecule has 0 saturated carbocycles. The maximum atomic E-state index is 12.5. The highest BCUT2D eigenvalue weighted by Gasteiger charge is 2.38. The van der Waals surface area contributed by atoms with Crippen LogP contribution in [0.5, 0.6) is 0 Å². The van der Waals surface area contributed by atoms with E-state index in [1.54, 1.807) is 31.2 Å². The molecule has 2 rings (SSSR count). The van der Waals surface area contributed by atoms with Crippen LogP contribution in [0.25, 0.3) is 0 Å². The van der Waals surface area contributed by atoms with Gasteiger partial charge in [0.2, 0.25) is 0 Å². The van der Waals surface area contributed by atoms with Gasteiger partial charge in [0.1, 0.15) is 0 Å². The number of carbonyl (C=O) groups is 2. The molecule has 1 aliphatic rings. The highest BCUT2D eigenvalue weighted by Crippen LogP contribution is 2.29. The third kappa shape index (κ3) is 8.88. The van der Waals surface area contributed by atoms with E-state index in [1.807, 2.05) is 19.9 Å². The van der Waals surface area contributed by atoms with Crippen molar-refractivity contribution in [1.82, 2.24) is 0 Å². The van der Waals surface area contributed by atoms with Gasteiger partial charge in [-0.1, -0.05) is 38.0 Å². The average Bonchev–Trinajstić information content (AvgIpc) is 2.75. The van der Waals surface area contributed by atoms with Crippen molar-refractivity contribution >= 4 is 11.9 Å². The third-order valence-electron chi connectivity index (χ3n) is 5.80. The highest BCUT2D eigenvalue weighted by atomic mass is 16.7. The van der Waals surface area contributed by atoms with Crippen molar-refractivity contribution < 1.29 is 33.6 Å². The number of unbranched alkanes of at least 4 members (excludes halogenated alkanes) is 1. The van der Waals surface area contributed by atoms with Gasteiger partial charge in [0, 0.05) is 0 Å². The molecule has 1 N–H and O–H groups in total. The fourth-order valence-corrected chi connectivity index (χ4v) is 3.73. The van der Waals surface area contributed by atoms with E-state index in [1.165, 1.54) is 0 Å². The minimum absolute atomic E-state index is 0.0110. The molecular weight excluding hydrogens is 412 g/mol. The summed E-state index contributed by atoms with van der Waals surface area (Å²) in [5.74, 6) is -0.497. The minimum Gasteiger partial charge on any atom is -0.466 e. The Bertz CT molecular complexity index is 693. The lowest BCUT2D eigenvalue weighted by molar-refractivity contribution is -0.263. The van der Waals surface area contributed by atoms with E-state index in [0.717, 1.165) is 19.3 Å². The van der Waals surface area contributed by atoms with Gasteiger partial charge < -0.3 is 24.1 Å². The first-order chi connectivity index (χ1) is 15.3. The monoisotopic (exact) mass is 450 g/mol. The molecule has 0 spiro atoms. The molecule has 1 aliphatic heterocycles. The number of rotatable bonds is 12. The number of esters is 2. The molecule has 6 atom stereocenters. The average molecular weight is 451 g/mol. The molecule has 7 heteroatoms. The molecule has 0 aliphatic carbocycles. The number of hydrogen-bond acceptors (Lipinski definition) is 7. The lowest BCUT2D eigenvalue weighted by Crippen LogP contribution is -2.47. The van der Waals surface area contributed by atoms with E-state index in [0.29, 0.717) is 25.0 Å². The van der Waals surface area contributed by atoms with Crippen LogP contribution in [-0.4, -0.2) is 54.4 Å². The predicted octanol–water partition coefficient (Wildman–Crippen LogP) is 4.26. The van der Waals surface area contributed by atoms with Crippen molar-refractivity contribution in [3.8, 4) is 0 Å². The van der Waals surface area contributed by atoms with E-state index in [4.69, 9.17) is 18.9 Å². The van der Waals surface area contributed by atoms with Crippen molar-refractivity contribution in [3.63, 3.8) is 0 Å². The van der Waals surface area contributed by atoms with Crippen LogP contribution in [0, 0.1) is 5.92 Å². The molecule has 1 aromatic carbocycles. The molecule has 1 fully saturated rings. The van der Waals surface area contributed by atoms with Gasteiger partial charge in [0.05, 0.1) is 36.9 Å². The Balaban J connectivity index is 1.79. The van der Waals surface area contributed by atoms with Crippen LogP contribution in [0.15, 0.2) is 30.3 Å². The van der Waals surface area contributed by atoms with E-state index in [9.17, 15) is 14.7 Å². The van der Waals surface area contributed by atoms with Crippen molar-refractivity contribution in [2.75, 3.05) is 6.61 Å². The number of hydrogen-bond donors (Lipinski definition) is 1. The number of benzene rings is 1. The van der Waals surface area contributed by atoms with Crippen molar-refractivity contribution in [2.24, 2.45) is 5.92 Å². The molecule has 1 heterocycles. The first-order valence-corrected chi connectivity index (χ1v) is 11.7. The van der Waals surface area contributed by atoms with Crippen LogP contribution >= 0.6 is 0 Å². The quantitative estimate of drug-likeness (QED) is 0.376. The molecular formula is C25H38O7.